The Bertz CT molecular complexity index is 1260. The molecule has 0 spiro atoms. The Hall–Kier alpha value is -3.87. The number of amides is 1. The molecule has 0 aliphatic carbocycles. The van der Waals surface area contributed by atoms with Crippen molar-refractivity contribution in [1.82, 2.24) is 15.0 Å². The van der Waals surface area contributed by atoms with Crippen LogP contribution in [0.2, 0.25) is 0 Å². The van der Waals surface area contributed by atoms with E-state index in [2.05, 4.69) is 41.5 Å². The van der Waals surface area contributed by atoms with Crippen LogP contribution in [0.1, 0.15) is 35.7 Å². The predicted octanol–water partition coefficient (Wildman–Crippen LogP) is 4.57. The van der Waals surface area contributed by atoms with E-state index in [1.165, 1.54) is 5.56 Å². The molecule has 4 aromatic rings. The highest BCUT2D eigenvalue weighted by molar-refractivity contribution is 6.05. The van der Waals surface area contributed by atoms with Crippen LogP contribution in [0.3, 0.4) is 0 Å². The van der Waals surface area contributed by atoms with Crippen LogP contribution in [0.25, 0.3) is 16.7 Å². The highest BCUT2D eigenvalue weighted by Gasteiger charge is 2.15. The van der Waals surface area contributed by atoms with Gasteiger partial charge in [0, 0.05) is 11.3 Å². The average Bonchev–Trinajstić information content (AvgIpc) is 3.22. The van der Waals surface area contributed by atoms with Crippen LogP contribution in [-0.2, 0) is 0 Å². The number of nitrogens with one attached hydrogen (secondary N) is 1. The quantitative estimate of drug-likeness (QED) is 0.529. The third-order valence-electron chi connectivity index (χ3n) is 5.23. The molecule has 0 atom stereocenters. The lowest BCUT2D eigenvalue weighted by Gasteiger charge is -2.18. The van der Waals surface area contributed by atoms with E-state index in [1.807, 2.05) is 30.3 Å². The number of hydrogen-bond acceptors (Lipinski definition) is 5. The molecule has 1 amide bonds. The minimum Gasteiger partial charge on any atom is -0.486 e. The Morgan fingerprint density at radius 2 is 1.65 bits per heavy atom. The van der Waals surface area contributed by atoms with Gasteiger partial charge in [-0.2, -0.15) is 4.80 Å². The van der Waals surface area contributed by atoms with Crippen molar-refractivity contribution in [2.75, 3.05) is 18.5 Å². The summed E-state index contributed by atoms with van der Waals surface area (Å²) in [5.74, 6) is 1.48. The standard InChI is InChI=1S/C24H22N4O3/c1-15(2)16-3-7-19(8-4-16)28-26-20-9-6-18(14-21(20)27-28)25-24(29)17-5-10-22-23(13-17)31-12-11-30-22/h3-10,13-15H,11-12H2,1-2H3,(H,25,29). The number of rotatable bonds is 4. The number of anilines is 1. The van der Waals surface area contributed by atoms with Crippen molar-refractivity contribution < 1.29 is 14.3 Å². The normalized spacial score (nSPS) is 12.9. The first-order valence-corrected chi connectivity index (χ1v) is 10.3. The molecular formula is C24H22N4O3. The van der Waals surface area contributed by atoms with E-state index >= 15 is 0 Å². The highest BCUT2D eigenvalue weighted by Crippen LogP contribution is 2.31. The number of ether oxygens (including phenoxy) is 2. The highest BCUT2D eigenvalue weighted by atomic mass is 16.6. The number of aromatic nitrogens is 3. The van der Waals surface area contributed by atoms with Crippen molar-refractivity contribution in [3.8, 4) is 17.2 Å². The summed E-state index contributed by atoms with van der Waals surface area (Å²) < 4.78 is 11.1. The van der Waals surface area contributed by atoms with E-state index in [9.17, 15) is 4.79 Å². The van der Waals surface area contributed by atoms with Gasteiger partial charge in [0.2, 0.25) is 0 Å². The minimum absolute atomic E-state index is 0.229. The molecule has 31 heavy (non-hydrogen) atoms. The van der Waals surface area contributed by atoms with E-state index in [0.29, 0.717) is 47.4 Å². The predicted molar refractivity (Wildman–Crippen MR) is 118 cm³/mol. The summed E-state index contributed by atoms with van der Waals surface area (Å²) in [5.41, 5.74) is 4.76. The number of hydrogen-bond donors (Lipinski definition) is 1. The Labute approximate surface area is 179 Å². The zero-order valence-corrected chi connectivity index (χ0v) is 17.3. The minimum atomic E-state index is -0.229. The summed E-state index contributed by atoms with van der Waals surface area (Å²) in [6.45, 7) is 5.32. The molecule has 0 bridgehead atoms. The molecule has 1 aliphatic rings. The Kier molecular flexibility index (Phi) is 4.78. The third kappa shape index (κ3) is 3.82. The Morgan fingerprint density at radius 3 is 2.42 bits per heavy atom. The first-order valence-electron chi connectivity index (χ1n) is 10.3. The number of nitrogens with zero attached hydrogens (tertiary/aromatic N) is 3. The molecule has 0 saturated heterocycles. The molecule has 156 valence electrons. The zero-order valence-electron chi connectivity index (χ0n) is 17.3. The Morgan fingerprint density at radius 1 is 0.903 bits per heavy atom. The smallest absolute Gasteiger partial charge is 0.255 e. The van der Waals surface area contributed by atoms with E-state index < -0.39 is 0 Å². The maximum atomic E-state index is 12.7. The van der Waals surface area contributed by atoms with Gasteiger partial charge < -0.3 is 14.8 Å². The van der Waals surface area contributed by atoms with Gasteiger partial charge in [0.1, 0.15) is 24.2 Å². The van der Waals surface area contributed by atoms with Gasteiger partial charge in [0.05, 0.1) is 5.69 Å². The summed E-state index contributed by atoms with van der Waals surface area (Å²) in [6.07, 6.45) is 0. The molecule has 0 fully saturated rings. The largest absolute Gasteiger partial charge is 0.486 e. The molecule has 3 aromatic carbocycles. The second-order valence-electron chi connectivity index (χ2n) is 7.75. The fourth-order valence-electron chi connectivity index (χ4n) is 3.49. The lowest BCUT2D eigenvalue weighted by Crippen LogP contribution is -2.17. The van der Waals surface area contributed by atoms with Crippen molar-refractivity contribution in [3.63, 3.8) is 0 Å². The molecule has 5 rings (SSSR count). The lowest BCUT2D eigenvalue weighted by atomic mass is 10.0. The van der Waals surface area contributed by atoms with Crippen LogP contribution in [0.15, 0.2) is 60.7 Å². The molecule has 0 radical (unpaired) electrons. The summed E-state index contributed by atoms with van der Waals surface area (Å²) in [6, 6.07) is 18.9. The van der Waals surface area contributed by atoms with Crippen molar-refractivity contribution >= 4 is 22.6 Å². The number of carbonyl (C=O) groups is 1. The summed E-state index contributed by atoms with van der Waals surface area (Å²) in [7, 11) is 0. The molecule has 1 aliphatic heterocycles. The first-order chi connectivity index (χ1) is 15.1. The second-order valence-corrected chi connectivity index (χ2v) is 7.75. The Balaban J connectivity index is 1.37. The van der Waals surface area contributed by atoms with Gasteiger partial charge in [0.25, 0.3) is 5.91 Å². The number of carbonyl (C=O) groups excluding carboxylic acids is 1. The van der Waals surface area contributed by atoms with Crippen LogP contribution in [0, 0.1) is 0 Å². The van der Waals surface area contributed by atoms with E-state index in [1.54, 1.807) is 23.0 Å². The molecule has 2 heterocycles. The summed E-state index contributed by atoms with van der Waals surface area (Å²) in [4.78, 5) is 14.3. The maximum Gasteiger partial charge on any atom is 0.255 e. The monoisotopic (exact) mass is 414 g/mol. The van der Waals surface area contributed by atoms with Crippen molar-refractivity contribution in [2.24, 2.45) is 0 Å². The van der Waals surface area contributed by atoms with Gasteiger partial charge in [-0.25, -0.2) is 0 Å². The molecule has 0 unspecified atom stereocenters. The maximum absolute atomic E-state index is 12.7. The molecule has 0 saturated carbocycles. The second kappa shape index (κ2) is 7.75. The zero-order chi connectivity index (χ0) is 21.4. The van der Waals surface area contributed by atoms with Crippen LogP contribution in [-0.4, -0.2) is 34.1 Å². The fourth-order valence-corrected chi connectivity index (χ4v) is 3.49. The molecule has 1 N–H and O–H groups in total. The SMILES string of the molecule is CC(C)c1ccc(-n2nc3ccc(NC(=O)c4ccc5c(c4)OCCO5)cc3n2)cc1. The van der Waals surface area contributed by atoms with Gasteiger partial charge in [-0.15, -0.1) is 10.2 Å². The van der Waals surface area contributed by atoms with Crippen LogP contribution in [0.5, 0.6) is 11.5 Å². The molecule has 1 aromatic heterocycles. The van der Waals surface area contributed by atoms with Crippen LogP contribution >= 0.6 is 0 Å². The fraction of sp³-hybridized carbons (Fsp3) is 0.208. The van der Waals surface area contributed by atoms with Crippen LogP contribution in [0.4, 0.5) is 5.69 Å². The molecule has 7 heteroatoms. The van der Waals surface area contributed by atoms with Crippen molar-refractivity contribution in [1.29, 1.82) is 0 Å². The van der Waals surface area contributed by atoms with Gasteiger partial charge in [-0.05, 0) is 60.0 Å². The van der Waals surface area contributed by atoms with Crippen LogP contribution < -0.4 is 14.8 Å². The molecular weight excluding hydrogens is 392 g/mol. The molecule has 7 nitrogen and oxygen atoms in total. The van der Waals surface area contributed by atoms with E-state index in [-0.39, 0.29) is 5.91 Å². The van der Waals surface area contributed by atoms with Gasteiger partial charge in [0.15, 0.2) is 11.5 Å². The van der Waals surface area contributed by atoms with E-state index in [4.69, 9.17) is 9.47 Å². The average molecular weight is 414 g/mol. The van der Waals surface area contributed by atoms with Gasteiger partial charge >= 0.3 is 0 Å². The van der Waals surface area contributed by atoms with Crippen molar-refractivity contribution in [2.45, 2.75) is 19.8 Å². The topological polar surface area (TPSA) is 78.3 Å². The number of benzene rings is 3. The third-order valence-corrected chi connectivity index (χ3v) is 5.23. The first kappa shape index (κ1) is 19.1. The van der Waals surface area contributed by atoms with Crippen molar-refractivity contribution in [3.05, 3.63) is 71.8 Å². The van der Waals surface area contributed by atoms with Gasteiger partial charge in [-0.3, -0.25) is 4.79 Å². The number of fused-ring (bicyclic) bond motifs is 2. The summed E-state index contributed by atoms with van der Waals surface area (Å²) >= 11 is 0. The van der Waals surface area contributed by atoms with Gasteiger partial charge in [-0.1, -0.05) is 26.0 Å². The van der Waals surface area contributed by atoms with E-state index in [0.717, 1.165) is 11.2 Å². The lowest BCUT2D eigenvalue weighted by molar-refractivity contribution is 0.102. The summed E-state index contributed by atoms with van der Waals surface area (Å²) in [5, 5.41) is 12.0.